The molecule has 0 aliphatic rings. The summed E-state index contributed by atoms with van der Waals surface area (Å²) in [5.41, 5.74) is 6.70. The van der Waals surface area contributed by atoms with Crippen molar-refractivity contribution in [3.8, 4) is 28.1 Å². The van der Waals surface area contributed by atoms with Crippen LogP contribution in [0.4, 0.5) is 0 Å². The summed E-state index contributed by atoms with van der Waals surface area (Å²) in [7, 11) is 0. The number of hydrogen-bond acceptors (Lipinski definition) is 3. The Morgan fingerprint density at radius 1 is 0.730 bits per heavy atom. The molecule has 0 fully saturated rings. The first kappa shape index (κ1) is 22.9. The number of rotatable bonds is 5. The summed E-state index contributed by atoms with van der Waals surface area (Å²) in [5, 5.41) is 6.23. The van der Waals surface area contributed by atoms with Crippen molar-refractivity contribution in [2.24, 2.45) is 0 Å². The maximum absolute atomic E-state index is 14.3. The molecule has 4 nitrogen and oxygen atoms in total. The zero-order valence-corrected chi connectivity index (χ0v) is 20.9. The van der Waals surface area contributed by atoms with Crippen molar-refractivity contribution in [3.63, 3.8) is 0 Å². The Kier molecular flexibility index (Phi) is 5.87. The largest absolute Gasteiger partial charge is 0.289 e. The Bertz CT molecular complexity index is 1730. The van der Waals surface area contributed by atoms with Crippen LogP contribution in [0.2, 0.25) is 5.02 Å². The zero-order chi connectivity index (χ0) is 25.4. The van der Waals surface area contributed by atoms with Gasteiger partial charge in [0, 0.05) is 27.3 Å². The van der Waals surface area contributed by atoms with Crippen molar-refractivity contribution < 1.29 is 4.79 Å². The van der Waals surface area contributed by atoms with Gasteiger partial charge in [-0.05, 0) is 36.8 Å². The van der Waals surface area contributed by atoms with Gasteiger partial charge in [-0.25, -0.2) is 9.67 Å². The van der Waals surface area contributed by atoms with Gasteiger partial charge in [-0.3, -0.25) is 4.79 Å². The van der Waals surface area contributed by atoms with E-state index in [1.807, 2.05) is 127 Å². The molecule has 0 unspecified atom stereocenters. The van der Waals surface area contributed by atoms with Crippen LogP contribution < -0.4 is 0 Å². The molecule has 0 saturated carbocycles. The van der Waals surface area contributed by atoms with E-state index in [9.17, 15) is 4.79 Å². The normalized spacial score (nSPS) is 11.1. The van der Waals surface area contributed by atoms with E-state index >= 15 is 0 Å². The highest BCUT2D eigenvalue weighted by Gasteiger charge is 2.27. The molecule has 0 bridgehead atoms. The number of ketones is 1. The van der Waals surface area contributed by atoms with Crippen LogP contribution in [0, 0.1) is 6.92 Å². The average molecular weight is 500 g/mol. The molecule has 178 valence electrons. The Labute approximate surface area is 219 Å². The number of aryl methyl sites for hydroxylation is 1. The number of aromatic nitrogens is 3. The lowest BCUT2D eigenvalue weighted by Gasteiger charge is -2.17. The number of benzene rings is 4. The molecule has 4 aromatic carbocycles. The molecule has 0 N–H and O–H groups in total. The Morgan fingerprint density at radius 3 is 1.97 bits per heavy atom. The third kappa shape index (κ3) is 4.11. The van der Waals surface area contributed by atoms with Gasteiger partial charge in [0.1, 0.15) is 0 Å². The first-order valence-electron chi connectivity index (χ1n) is 12.0. The number of carbonyl (C=O) groups excluding carboxylic acids is 1. The Hall–Kier alpha value is -4.54. The van der Waals surface area contributed by atoms with Gasteiger partial charge in [0.05, 0.1) is 22.5 Å². The smallest absolute Gasteiger partial charge is 0.194 e. The molecule has 0 spiro atoms. The summed E-state index contributed by atoms with van der Waals surface area (Å²) in [6, 6.07) is 36.8. The summed E-state index contributed by atoms with van der Waals surface area (Å²) in [6.07, 6.45) is 0. The van der Waals surface area contributed by atoms with Gasteiger partial charge in [-0.15, -0.1) is 0 Å². The molecule has 0 amide bonds. The summed E-state index contributed by atoms with van der Waals surface area (Å²) >= 11 is 6.25. The van der Waals surface area contributed by atoms with Crippen LogP contribution in [0.5, 0.6) is 0 Å². The minimum Gasteiger partial charge on any atom is -0.289 e. The van der Waals surface area contributed by atoms with E-state index in [0.29, 0.717) is 27.5 Å². The van der Waals surface area contributed by atoms with Crippen LogP contribution in [0.15, 0.2) is 115 Å². The quantitative estimate of drug-likeness (QED) is 0.226. The second-order valence-electron chi connectivity index (χ2n) is 8.81. The van der Waals surface area contributed by atoms with Crippen LogP contribution >= 0.6 is 11.6 Å². The number of hydrogen-bond donors (Lipinski definition) is 0. The van der Waals surface area contributed by atoms with E-state index in [1.54, 1.807) is 0 Å². The molecule has 0 aliphatic carbocycles. The fraction of sp³-hybridized carbons (Fsp3) is 0.0312. The van der Waals surface area contributed by atoms with Crippen LogP contribution in [-0.2, 0) is 0 Å². The average Bonchev–Trinajstić information content (AvgIpc) is 3.29. The molecule has 5 heteroatoms. The second kappa shape index (κ2) is 9.49. The number of pyridine rings is 1. The molecular weight excluding hydrogens is 478 g/mol. The highest BCUT2D eigenvalue weighted by atomic mass is 35.5. The van der Waals surface area contributed by atoms with E-state index in [-0.39, 0.29) is 5.78 Å². The maximum Gasteiger partial charge on any atom is 0.194 e. The highest BCUT2D eigenvalue weighted by molar-refractivity contribution is 6.30. The van der Waals surface area contributed by atoms with Crippen LogP contribution in [0.3, 0.4) is 0 Å². The molecule has 0 saturated heterocycles. The number of nitrogens with zero attached hydrogens (tertiary/aromatic N) is 3. The third-order valence-corrected chi connectivity index (χ3v) is 6.69. The van der Waals surface area contributed by atoms with E-state index in [4.69, 9.17) is 21.7 Å². The fourth-order valence-corrected chi connectivity index (χ4v) is 4.85. The fourth-order valence-electron chi connectivity index (χ4n) is 4.73. The number of para-hydroxylation sites is 1. The summed E-state index contributed by atoms with van der Waals surface area (Å²) in [4.78, 5) is 19.5. The van der Waals surface area contributed by atoms with Crippen molar-refractivity contribution in [1.29, 1.82) is 0 Å². The molecule has 0 radical (unpaired) electrons. The predicted molar refractivity (Wildman–Crippen MR) is 149 cm³/mol. The van der Waals surface area contributed by atoms with Gasteiger partial charge >= 0.3 is 0 Å². The van der Waals surface area contributed by atoms with Crippen molar-refractivity contribution in [3.05, 3.63) is 137 Å². The van der Waals surface area contributed by atoms with Gasteiger partial charge in [0.25, 0.3) is 0 Å². The summed E-state index contributed by atoms with van der Waals surface area (Å²) in [5.74, 6) is -0.0779. The number of halogens is 1. The van der Waals surface area contributed by atoms with Gasteiger partial charge in [0.2, 0.25) is 0 Å². The monoisotopic (exact) mass is 499 g/mol. The summed E-state index contributed by atoms with van der Waals surface area (Å²) < 4.78 is 1.82. The van der Waals surface area contributed by atoms with E-state index in [1.165, 1.54) is 0 Å². The maximum atomic E-state index is 14.3. The van der Waals surface area contributed by atoms with Crippen LogP contribution in [-0.4, -0.2) is 20.5 Å². The number of carbonyl (C=O) groups is 1. The molecule has 6 aromatic rings. The first-order valence-corrected chi connectivity index (χ1v) is 12.4. The number of fused-ring (bicyclic) bond motifs is 1. The van der Waals surface area contributed by atoms with Crippen LogP contribution in [0.25, 0.3) is 39.1 Å². The zero-order valence-electron chi connectivity index (χ0n) is 20.1. The van der Waals surface area contributed by atoms with Crippen molar-refractivity contribution in [2.75, 3.05) is 0 Å². The minimum atomic E-state index is -0.0779. The third-order valence-electron chi connectivity index (χ3n) is 6.43. The lowest BCUT2D eigenvalue weighted by molar-refractivity contribution is 0.104. The van der Waals surface area contributed by atoms with Gasteiger partial charge in [0.15, 0.2) is 11.4 Å². The van der Waals surface area contributed by atoms with Gasteiger partial charge in [-0.2, -0.15) is 5.10 Å². The van der Waals surface area contributed by atoms with Gasteiger partial charge in [-0.1, -0.05) is 103 Å². The molecule has 0 aliphatic heterocycles. The Balaban J connectivity index is 1.79. The topological polar surface area (TPSA) is 47.8 Å². The lowest BCUT2D eigenvalue weighted by Crippen LogP contribution is -2.08. The highest BCUT2D eigenvalue weighted by Crippen LogP contribution is 2.40. The van der Waals surface area contributed by atoms with Crippen LogP contribution in [0.1, 0.15) is 21.6 Å². The molecule has 2 heterocycles. The van der Waals surface area contributed by atoms with Crippen molar-refractivity contribution >= 4 is 28.4 Å². The van der Waals surface area contributed by atoms with Crippen molar-refractivity contribution in [2.45, 2.75) is 6.92 Å². The molecular formula is C32H22ClN3O. The molecule has 2 aromatic heterocycles. The van der Waals surface area contributed by atoms with E-state index in [0.717, 1.165) is 33.5 Å². The Morgan fingerprint density at radius 2 is 1.32 bits per heavy atom. The lowest BCUT2D eigenvalue weighted by atomic mass is 9.88. The van der Waals surface area contributed by atoms with Gasteiger partial charge < -0.3 is 0 Å². The summed E-state index contributed by atoms with van der Waals surface area (Å²) in [6.45, 7) is 1.93. The predicted octanol–water partition coefficient (Wildman–Crippen LogP) is 7.95. The SMILES string of the molecule is Cc1nn(-c2ccccc2)c2nc(-c3ccccc3)c(-c3ccc(Cl)cc3)c(C(=O)c3ccccc3)c12. The second-order valence-corrected chi connectivity index (χ2v) is 9.25. The molecule has 0 atom stereocenters. The molecule has 6 rings (SSSR count). The molecule has 37 heavy (non-hydrogen) atoms. The van der Waals surface area contributed by atoms with E-state index < -0.39 is 0 Å². The minimum absolute atomic E-state index is 0.0779. The van der Waals surface area contributed by atoms with E-state index in [2.05, 4.69) is 0 Å². The standard InChI is InChI=1S/C32H22ClN3O/c1-21-27-29(31(37)24-13-7-3-8-14-24)28(22-17-19-25(33)20-18-22)30(23-11-5-2-6-12-23)34-32(27)36(35-21)26-15-9-4-10-16-26/h2-20H,1H3. The first-order chi connectivity index (χ1) is 18.1. The van der Waals surface area contributed by atoms with Crippen molar-refractivity contribution in [1.82, 2.24) is 14.8 Å².